The van der Waals surface area contributed by atoms with Gasteiger partial charge >= 0.3 is 0 Å². The number of rotatable bonds is 2. The fraction of sp³-hybridized carbons (Fsp3) is 0. The van der Waals surface area contributed by atoms with Gasteiger partial charge in [0.25, 0.3) is 5.56 Å². The summed E-state index contributed by atoms with van der Waals surface area (Å²) in [5, 5.41) is 10.2. The maximum Gasteiger partial charge on any atom is 0.264 e. The predicted octanol–water partition coefficient (Wildman–Crippen LogP) is 10.7. The summed E-state index contributed by atoms with van der Waals surface area (Å²) >= 11 is 1.85. The van der Waals surface area contributed by atoms with Gasteiger partial charge in [0.2, 0.25) is 0 Å². The van der Waals surface area contributed by atoms with Gasteiger partial charge in [0.15, 0.2) is 0 Å². The van der Waals surface area contributed by atoms with E-state index in [0.29, 0.717) is 11.2 Å². The van der Waals surface area contributed by atoms with Crippen molar-refractivity contribution in [3.05, 3.63) is 150 Å². The van der Waals surface area contributed by atoms with Crippen LogP contribution in [0.25, 0.3) is 97.0 Å². The summed E-state index contributed by atoms with van der Waals surface area (Å²) in [5.41, 5.74) is 5.78. The Balaban J connectivity index is 1.41. The number of imidazole rings is 1. The molecule has 47 heavy (non-hydrogen) atoms. The maximum atomic E-state index is 14.3. The summed E-state index contributed by atoms with van der Waals surface area (Å²) in [4.78, 5) is 19.7. The summed E-state index contributed by atoms with van der Waals surface area (Å²) in [6.45, 7) is 0. The number of nitrogens with zero attached hydrogens (tertiary/aromatic N) is 3. The van der Waals surface area contributed by atoms with E-state index in [1.54, 1.807) is 0 Å². The average Bonchev–Trinajstić information content (AvgIpc) is 3.82. The molecule has 0 radical (unpaired) electrons. The van der Waals surface area contributed by atoms with Crippen LogP contribution >= 0.6 is 11.3 Å². The third kappa shape index (κ3) is 3.16. The normalized spacial score (nSPS) is 12.3. The van der Waals surface area contributed by atoms with Crippen LogP contribution in [-0.4, -0.2) is 14.0 Å². The van der Waals surface area contributed by atoms with Crippen LogP contribution in [0.15, 0.2) is 144 Å². The second-order valence-electron chi connectivity index (χ2n) is 12.2. The quantitative estimate of drug-likeness (QED) is 0.181. The van der Waals surface area contributed by atoms with Crippen molar-refractivity contribution < 1.29 is 0 Å². The van der Waals surface area contributed by atoms with Crippen molar-refractivity contribution in [2.75, 3.05) is 0 Å². The molecule has 0 atom stereocenters. The zero-order valence-corrected chi connectivity index (χ0v) is 25.8. The van der Waals surface area contributed by atoms with E-state index in [9.17, 15) is 4.79 Å². The van der Waals surface area contributed by atoms with Crippen molar-refractivity contribution in [2.45, 2.75) is 0 Å². The van der Waals surface area contributed by atoms with Crippen molar-refractivity contribution >= 4 is 91.3 Å². The lowest BCUT2D eigenvalue weighted by molar-refractivity contribution is 1.13. The van der Waals surface area contributed by atoms with Crippen LogP contribution in [0.1, 0.15) is 0 Å². The average molecular weight is 618 g/mol. The van der Waals surface area contributed by atoms with Gasteiger partial charge in [-0.3, -0.25) is 9.20 Å². The first kappa shape index (κ1) is 25.2. The number of hydrogen-bond acceptors (Lipinski definition) is 3. The molecule has 0 amide bonds. The summed E-state index contributed by atoms with van der Waals surface area (Å²) in [6.07, 6.45) is 0. The lowest BCUT2D eigenvalue weighted by Gasteiger charge is -2.12. The van der Waals surface area contributed by atoms with Gasteiger partial charge in [0, 0.05) is 42.6 Å². The Bertz CT molecular complexity index is 3150. The molecule has 0 saturated heterocycles. The maximum absolute atomic E-state index is 14.3. The van der Waals surface area contributed by atoms with Gasteiger partial charge in [-0.25, -0.2) is 4.98 Å². The van der Waals surface area contributed by atoms with E-state index in [-0.39, 0.29) is 5.56 Å². The van der Waals surface area contributed by atoms with Gasteiger partial charge in [-0.2, -0.15) is 0 Å². The smallest absolute Gasteiger partial charge is 0.264 e. The molecule has 218 valence electrons. The van der Waals surface area contributed by atoms with Crippen LogP contribution in [0, 0.1) is 0 Å². The number of pyridine rings is 1. The molecule has 0 fully saturated rings. The first-order valence-corrected chi connectivity index (χ1v) is 16.6. The first-order chi connectivity index (χ1) is 23.3. The van der Waals surface area contributed by atoms with Gasteiger partial charge in [0.05, 0.1) is 26.9 Å². The van der Waals surface area contributed by atoms with E-state index in [4.69, 9.17) is 4.98 Å². The lowest BCUT2D eigenvalue weighted by atomic mass is 9.99. The zero-order valence-electron chi connectivity index (χ0n) is 24.9. The van der Waals surface area contributed by atoms with Gasteiger partial charge in [0.1, 0.15) is 11.3 Å². The molecule has 0 saturated carbocycles. The van der Waals surface area contributed by atoms with Crippen molar-refractivity contribution in [2.24, 2.45) is 0 Å². The molecule has 0 spiro atoms. The molecule has 0 bridgehead atoms. The Hall–Kier alpha value is -6.04. The molecule has 4 aromatic heterocycles. The molecule has 4 heterocycles. The molecule has 0 unspecified atom stereocenters. The van der Waals surface area contributed by atoms with E-state index >= 15 is 0 Å². The molecule has 0 aliphatic carbocycles. The topological polar surface area (TPSA) is 39.3 Å². The molecule has 5 heteroatoms. The van der Waals surface area contributed by atoms with Crippen LogP contribution in [0.2, 0.25) is 0 Å². The Morgan fingerprint density at radius 1 is 0.511 bits per heavy atom. The largest absolute Gasteiger partial charge is 0.306 e. The molecule has 11 aromatic rings. The van der Waals surface area contributed by atoms with Gasteiger partial charge in [-0.05, 0) is 46.5 Å². The van der Waals surface area contributed by atoms with Crippen molar-refractivity contribution in [1.29, 1.82) is 0 Å². The van der Waals surface area contributed by atoms with Crippen LogP contribution < -0.4 is 5.56 Å². The number of fused-ring (bicyclic) bond motifs is 12. The first-order valence-electron chi connectivity index (χ1n) is 15.8. The predicted molar refractivity (Wildman–Crippen MR) is 198 cm³/mol. The Kier molecular flexibility index (Phi) is 4.84. The lowest BCUT2D eigenvalue weighted by Crippen LogP contribution is -2.14. The number of para-hydroxylation sites is 1. The van der Waals surface area contributed by atoms with Gasteiger partial charge in [-0.15, -0.1) is 11.3 Å². The standard InChI is InChI=1S/C42H23N3OS/c46-42-29-17-7-4-14-25(29)28-22-23-33(37-38(28)45(42)41(43-37)24-12-2-1-3-13-24)44-32-20-10-8-18-30(32)35-26-15-5-6-16-27(26)36-31-19-9-11-21-34(31)47-40(36)39(35)44/h1-23H. The number of hydrogen-bond donors (Lipinski definition) is 0. The minimum absolute atomic E-state index is 0.0493. The van der Waals surface area contributed by atoms with Crippen molar-refractivity contribution in [1.82, 2.24) is 14.0 Å². The third-order valence-corrected chi connectivity index (χ3v) is 11.0. The van der Waals surface area contributed by atoms with Gasteiger partial charge in [-0.1, -0.05) is 109 Å². The molecule has 0 N–H and O–H groups in total. The van der Waals surface area contributed by atoms with Crippen LogP contribution in [0.4, 0.5) is 0 Å². The number of benzene rings is 7. The zero-order chi connectivity index (χ0) is 30.8. The van der Waals surface area contributed by atoms with E-state index < -0.39 is 0 Å². The fourth-order valence-electron chi connectivity index (χ4n) is 7.95. The summed E-state index contributed by atoms with van der Waals surface area (Å²) in [7, 11) is 0. The van der Waals surface area contributed by atoms with Crippen molar-refractivity contribution in [3.8, 4) is 17.1 Å². The second kappa shape index (κ2) is 9.03. The highest BCUT2D eigenvalue weighted by atomic mass is 32.1. The molecule has 7 aromatic carbocycles. The minimum atomic E-state index is -0.0493. The van der Waals surface area contributed by atoms with E-state index in [0.717, 1.165) is 38.6 Å². The molecular weight excluding hydrogens is 595 g/mol. The highest BCUT2D eigenvalue weighted by Gasteiger charge is 2.26. The summed E-state index contributed by atoms with van der Waals surface area (Å²) in [5.74, 6) is 0.659. The molecule has 0 aliphatic heterocycles. The van der Waals surface area contributed by atoms with Crippen LogP contribution in [0.5, 0.6) is 0 Å². The molecule has 4 nitrogen and oxygen atoms in total. The third-order valence-electron chi connectivity index (χ3n) is 9.86. The molecular formula is C42H23N3OS. The fourth-order valence-corrected chi connectivity index (χ4v) is 9.20. The summed E-state index contributed by atoms with van der Waals surface area (Å²) in [6, 6.07) is 48.6. The number of thiophene rings is 1. The highest BCUT2D eigenvalue weighted by molar-refractivity contribution is 7.27. The van der Waals surface area contributed by atoms with Crippen molar-refractivity contribution in [3.63, 3.8) is 0 Å². The summed E-state index contributed by atoms with van der Waals surface area (Å²) < 4.78 is 6.77. The second-order valence-corrected chi connectivity index (χ2v) is 13.3. The Labute approximate surface area is 271 Å². The van der Waals surface area contributed by atoms with Gasteiger partial charge < -0.3 is 4.57 Å². The Morgan fingerprint density at radius 2 is 1.15 bits per heavy atom. The number of aromatic nitrogens is 3. The molecule has 11 rings (SSSR count). The van der Waals surface area contributed by atoms with Crippen LogP contribution in [-0.2, 0) is 0 Å². The highest BCUT2D eigenvalue weighted by Crippen LogP contribution is 2.48. The van der Waals surface area contributed by atoms with E-state index in [1.165, 1.54) is 47.2 Å². The van der Waals surface area contributed by atoms with E-state index in [2.05, 4.69) is 89.5 Å². The van der Waals surface area contributed by atoms with Crippen LogP contribution in [0.3, 0.4) is 0 Å². The SMILES string of the molecule is O=c1c2ccccc2c2ccc(-n3c4ccccc4c4c5ccccc5c5c6ccccc6sc5c43)c3nc(-c4ccccc4)n1c32. The van der Waals surface area contributed by atoms with E-state index in [1.807, 2.05) is 70.3 Å². The minimum Gasteiger partial charge on any atom is -0.306 e. The molecule has 0 aliphatic rings. The monoisotopic (exact) mass is 617 g/mol. The Morgan fingerprint density at radius 3 is 1.96 bits per heavy atom.